The quantitative estimate of drug-likeness (QED) is 0.163. The number of benzene rings is 3. The van der Waals surface area contributed by atoms with Crippen LogP contribution < -0.4 is 10.0 Å². The number of nitrogens with zero attached hydrogens (tertiary/aromatic N) is 6. The molecule has 0 radical (unpaired) electrons. The van der Waals surface area contributed by atoms with E-state index in [2.05, 4.69) is 20.0 Å². The Bertz CT molecular complexity index is 2500. The highest BCUT2D eigenvalue weighted by Crippen LogP contribution is 2.36. The van der Waals surface area contributed by atoms with Gasteiger partial charge < -0.3 is 15.0 Å². The Balaban J connectivity index is 1.17. The summed E-state index contributed by atoms with van der Waals surface area (Å²) in [6.45, 7) is 6.66. The van der Waals surface area contributed by atoms with Gasteiger partial charge in [0.15, 0.2) is 11.6 Å². The molecule has 0 atom stereocenters. The Morgan fingerprint density at radius 2 is 1.70 bits per heavy atom. The number of ether oxygens (including phenoxy) is 1. The highest BCUT2D eigenvalue weighted by atomic mass is 35.5. The number of anilines is 3. The maximum absolute atomic E-state index is 15.8. The number of hydrogen-bond donors (Lipinski definition) is 2. The van der Waals surface area contributed by atoms with Gasteiger partial charge in [-0.05, 0) is 87.6 Å². The van der Waals surface area contributed by atoms with Crippen LogP contribution in [0.3, 0.4) is 0 Å². The number of rotatable bonds is 7. The first kappa shape index (κ1) is 36.2. The molecule has 2 N–H and O–H groups in total. The number of carbonyl (C=O) groups excluding carboxylic acids is 1. The van der Waals surface area contributed by atoms with E-state index in [4.69, 9.17) is 37.9 Å². The zero-order valence-electron chi connectivity index (χ0n) is 28.6. The van der Waals surface area contributed by atoms with E-state index >= 15 is 8.78 Å². The molecule has 7 rings (SSSR count). The summed E-state index contributed by atoms with van der Waals surface area (Å²) in [5, 5.41) is 2.38. The number of carbonyl (C=O) groups is 1. The Labute approximate surface area is 313 Å². The molecule has 17 heteroatoms. The second-order valence-electron chi connectivity index (χ2n) is 13.4. The summed E-state index contributed by atoms with van der Waals surface area (Å²) in [6.07, 6.45) is 4.03. The minimum Gasteiger partial charge on any atom is -0.444 e. The molecule has 6 aromatic rings. The molecule has 1 aliphatic heterocycles. The zero-order valence-corrected chi connectivity index (χ0v) is 30.9. The monoisotopic (exact) mass is 780 g/mol. The third kappa shape index (κ3) is 7.28. The van der Waals surface area contributed by atoms with Crippen LogP contribution in [0, 0.1) is 11.6 Å². The summed E-state index contributed by atoms with van der Waals surface area (Å²) in [7, 11) is -4.42. The van der Waals surface area contributed by atoms with Gasteiger partial charge in [-0.15, -0.1) is 0 Å². The van der Waals surface area contributed by atoms with Crippen molar-refractivity contribution in [1.29, 1.82) is 0 Å². The van der Waals surface area contributed by atoms with Crippen LogP contribution in [0.4, 0.5) is 30.8 Å². The number of hydrogen-bond acceptors (Lipinski definition) is 9. The van der Waals surface area contributed by atoms with Crippen molar-refractivity contribution in [2.75, 3.05) is 23.1 Å². The number of amides is 1. The van der Waals surface area contributed by atoms with Crippen LogP contribution in [0.5, 0.6) is 0 Å². The molecule has 0 aliphatic carbocycles. The Hall–Kier alpha value is -5.12. The molecule has 0 saturated carbocycles. The zero-order chi connectivity index (χ0) is 37.7. The normalized spacial score (nSPS) is 14.1. The molecule has 1 fully saturated rings. The molecule has 1 aliphatic rings. The van der Waals surface area contributed by atoms with Crippen molar-refractivity contribution in [1.82, 2.24) is 29.4 Å². The molecule has 0 unspecified atom stereocenters. The van der Waals surface area contributed by atoms with Crippen molar-refractivity contribution >= 4 is 78.6 Å². The number of likely N-dealkylation sites (tertiary alicyclic amines) is 1. The fourth-order valence-corrected chi connectivity index (χ4v) is 8.01. The van der Waals surface area contributed by atoms with Gasteiger partial charge in [0.1, 0.15) is 46.0 Å². The summed E-state index contributed by atoms with van der Waals surface area (Å²) in [4.78, 5) is 31.9. The van der Waals surface area contributed by atoms with Gasteiger partial charge >= 0.3 is 6.09 Å². The number of imidazole rings is 1. The standard InChI is InChI=1S/C36H32Cl2F2N8O4S/c1-36(2,3)52-35(49)47-16-14-20(15-17-47)21-6-4-8-26-31(21)43-19-48(26)28-13-12-25-33(44-28)34(42-18-41-25)45-32-23(39)10-11-24(30(32)40)46-53(50,51)27-9-5-7-22(37)29(27)38/h4-13,18-20,46H,14-17H2,1-3H3,(H,41,42,45). The van der Waals surface area contributed by atoms with Gasteiger partial charge in [0, 0.05) is 13.1 Å². The lowest BCUT2D eigenvalue weighted by atomic mass is 9.88. The van der Waals surface area contributed by atoms with Crippen molar-refractivity contribution in [2.45, 2.75) is 50.0 Å². The van der Waals surface area contributed by atoms with E-state index < -0.39 is 38.6 Å². The van der Waals surface area contributed by atoms with Gasteiger partial charge in [-0.2, -0.15) is 0 Å². The number of pyridine rings is 1. The molecule has 3 aromatic heterocycles. The highest BCUT2D eigenvalue weighted by Gasteiger charge is 2.29. The second kappa shape index (κ2) is 14.0. The molecule has 0 spiro atoms. The fraction of sp³-hybridized carbons (Fsp3) is 0.250. The van der Waals surface area contributed by atoms with E-state index in [9.17, 15) is 13.2 Å². The SMILES string of the molecule is CC(C)(C)OC(=O)N1CCC(c2cccc3c2ncn3-c2ccc3ncnc(Nc4c(F)ccc(NS(=O)(=O)c5cccc(Cl)c5Cl)c4F)c3n2)CC1. The molecule has 12 nitrogen and oxygen atoms in total. The van der Waals surface area contributed by atoms with Crippen molar-refractivity contribution in [3.05, 3.63) is 101 Å². The smallest absolute Gasteiger partial charge is 0.410 e. The lowest BCUT2D eigenvalue weighted by Crippen LogP contribution is -2.41. The number of fused-ring (bicyclic) bond motifs is 2. The van der Waals surface area contributed by atoms with E-state index in [-0.39, 0.29) is 38.3 Å². The minimum atomic E-state index is -4.42. The lowest BCUT2D eigenvalue weighted by molar-refractivity contribution is 0.0205. The van der Waals surface area contributed by atoms with Crippen LogP contribution >= 0.6 is 23.2 Å². The Morgan fingerprint density at radius 3 is 2.45 bits per heavy atom. The summed E-state index contributed by atoms with van der Waals surface area (Å²) >= 11 is 12.1. The molecule has 3 aromatic carbocycles. The third-order valence-electron chi connectivity index (χ3n) is 8.69. The van der Waals surface area contributed by atoms with Crippen molar-refractivity contribution in [3.63, 3.8) is 0 Å². The topological polar surface area (TPSA) is 144 Å². The molecule has 1 amide bonds. The molecule has 274 valence electrons. The van der Waals surface area contributed by atoms with E-state index in [1.807, 2.05) is 39.0 Å². The fourth-order valence-electron chi connectivity index (χ4n) is 6.18. The first-order valence-corrected chi connectivity index (χ1v) is 18.7. The van der Waals surface area contributed by atoms with Crippen molar-refractivity contribution in [2.24, 2.45) is 0 Å². The summed E-state index contributed by atoms with van der Waals surface area (Å²) < 4.78 is 66.7. The van der Waals surface area contributed by atoms with Crippen LogP contribution in [0.25, 0.3) is 27.9 Å². The Kier molecular flexibility index (Phi) is 9.59. The first-order chi connectivity index (χ1) is 25.2. The van der Waals surface area contributed by atoms with Gasteiger partial charge in [-0.1, -0.05) is 41.4 Å². The number of para-hydroxylation sites is 1. The van der Waals surface area contributed by atoms with E-state index in [1.165, 1.54) is 24.5 Å². The Morgan fingerprint density at radius 1 is 0.943 bits per heavy atom. The maximum atomic E-state index is 15.8. The largest absolute Gasteiger partial charge is 0.444 e. The van der Waals surface area contributed by atoms with Crippen molar-refractivity contribution < 1.29 is 26.7 Å². The number of aromatic nitrogens is 5. The third-order valence-corrected chi connectivity index (χ3v) is 11.0. The van der Waals surface area contributed by atoms with Crippen LogP contribution in [0.1, 0.15) is 45.1 Å². The molecule has 4 heterocycles. The van der Waals surface area contributed by atoms with Crippen LogP contribution in [0.2, 0.25) is 10.0 Å². The number of piperidine rings is 1. The number of nitrogens with one attached hydrogen (secondary N) is 2. The number of sulfonamides is 1. The molecule has 1 saturated heterocycles. The van der Waals surface area contributed by atoms with Gasteiger partial charge in [-0.25, -0.2) is 41.9 Å². The predicted octanol–water partition coefficient (Wildman–Crippen LogP) is 8.61. The molecule has 53 heavy (non-hydrogen) atoms. The predicted molar refractivity (Wildman–Crippen MR) is 199 cm³/mol. The summed E-state index contributed by atoms with van der Waals surface area (Å²) in [6, 6.07) is 15.2. The van der Waals surface area contributed by atoms with Crippen molar-refractivity contribution in [3.8, 4) is 5.82 Å². The summed E-state index contributed by atoms with van der Waals surface area (Å²) in [5.41, 5.74) is 1.39. The summed E-state index contributed by atoms with van der Waals surface area (Å²) in [5.74, 6) is -1.68. The van der Waals surface area contributed by atoms with Crippen LogP contribution in [-0.4, -0.2) is 62.6 Å². The molecular weight excluding hydrogens is 749 g/mol. The van der Waals surface area contributed by atoms with E-state index in [0.29, 0.717) is 24.4 Å². The highest BCUT2D eigenvalue weighted by molar-refractivity contribution is 7.92. The minimum absolute atomic E-state index is 0.0134. The first-order valence-electron chi connectivity index (χ1n) is 16.5. The second-order valence-corrected chi connectivity index (χ2v) is 15.8. The van der Waals surface area contributed by atoms with Gasteiger partial charge in [0.05, 0.1) is 32.3 Å². The average Bonchev–Trinajstić information content (AvgIpc) is 3.56. The van der Waals surface area contributed by atoms with E-state index in [0.717, 1.165) is 41.6 Å². The van der Waals surface area contributed by atoms with Crippen LogP contribution in [-0.2, 0) is 14.8 Å². The number of halogens is 4. The average molecular weight is 782 g/mol. The van der Waals surface area contributed by atoms with Gasteiger partial charge in [0.2, 0.25) is 0 Å². The lowest BCUT2D eigenvalue weighted by Gasteiger charge is -2.33. The van der Waals surface area contributed by atoms with Gasteiger partial charge in [0.25, 0.3) is 10.0 Å². The molecular formula is C36H32Cl2F2N8O4S. The van der Waals surface area contributed by atoms with Gasteiger partial charge in [-0.3, -0.25) is 9.29 Å². The maximum Gasteiger partial charge on any atom is 0.410 e. The van der Waals surface area contributed by atoms with E-state index in [1.54, 1.807) is 27.9 Å². The molecule has 0 bridgehead atoms. The van der Waals surface area contributed by atoms with Crippen LogP contribution in [0.15, 0.2) is 78.2 Å².